The van der Waals surface area contributed by atoms with Crippen molar-refractivity contribution < 1.29 is 17.6 Å². The van der Waals surface area contributed by atoms with E-state index in [0.717, 1.165) is 50.3 Å². The van der Waals surface area contributed by atoms with Crippen molar-refractivity contribution in [2.75, 3.05) is 5.32 Å². The van der Waals surface area contributed by atoms with Gasteiger partial charge in [0, 0.05) is 12.2 Å². The number of hydrogen-bond donors (Lipinski definition) is 2. The minimum Gasteiger partial charge on any atom is -0.307 e. The number of urea groups is 1. The second-order valence-corrected chi connectivity index (χ2v) is 9.66. The zero-order chi connectivity index (χ0) is 20.2. The van der Waals surface area contributed by atoms with E-state index in [9.17, 15) is 17.6 Å². The number of fused-ring (bicyclic) bond motifs is 4. The number of sulfonamides is 1. The largest absolute Gasteiger partial charge is 0.333 e. The third kappa shape index (κ3) is 3.11. The van der Waals surface area contributed by atoms with Crippen LogP contribution in [0.3, 0.4) is 0 Å². The summed E-state index contributed by atoms with van der Waals surface area (Å²) in [5, 5.41) is 6.71. The topological polar surface area (TPSA) is 93.1 Å². The monoisotopic (exact) mass is 418 g/mol. The Kier molecular flexibility index (Phi) is 4.38. The van der Waals surface area contributed by atoms with Crippen molar-refractivity contribution in [3.8, 4) is 0 Å². The summed E-state index contributed by atoms with van der Waals surface area (Å²) in [5.41, 5.74) is 5.81. The fourth-order valence-corrected chi connectivity index (χ4v) is 6.08. The van der Waals surface area contributed by atoms with E-state index in [1.165, 1.54) is 21.4 Å². The molecule has 2 N–H and O–H groups in total. The van der Waals surface area contributed by atoms with Gasteiger partial charge in [-0.2, -0.15) is 5.10 Å². The van der Waals surface area contributed by atoms with E-state index < -0.39 is 22.2 Å². The quantitative estimate of drug-likeness (QED) is 0.801. The van der Waals surface area contributed by atoms with Crippen LogP contribution in [0.2, 0.25) is 0 Å². The van der Waals surface area contributed by atoms with Crippen LogP contribution in [0.15, 0.2) is 17.2 Å². The molecule has 154 valence electrons. The van der Waals surface area contributed by atoms with Crippen LogP contribution in [0.5, 0.6) is 0 Å². The lowest BCUT2D eigenvalue weighted by Gasteiger charge is -2.19. The predicted molar refractivity (Wildman–Crippen MR) is 105 cm³/mol. The highest BCUT2D eigenvalue weighted by molar-refractivity contribution is 7.90. The van der Waals surface area contributed by atoms with Crippen LogP contribution in [0, 0.1) is 0 Å². The number of nitrogens with zero attached hydrogens (tertiary/aromatic N) is 2. The van der Waals surface area contributed by atoms with Gasteiger partial charge in [0.05, 0.1) is 11.9 Å². The molecule has 0 saturated carbocycles. The minimum atomic E-state index is -4.22. The predicted octanol–water partition coefficient (Wildman–Crippen LogP) is 3.18. The molecular formula is C20H23FN4O3S. The molecule has 29 heavy (non-hydrogen) atoms. The van der Waals surface area contributed by atoms with Crippen LogP contribution in [0.25, 0.3) is 0 Å². The molecule has 1 aromatic carbocycles. The summed E-state index contributed by atoms with van der Waals surface area (Å²) in [6.45, 7) is 0.471. The number of aryl methyl sites for hydroxylation is 2. The fraction of sp³-hybridized carbons (Fsp3) is 0.500. The average Bonchev–Trinajstić information content (AvgIpc) is 3.40. The van der Waals surface area contributed by atoms with Gasteiger partial charge in [-0.25, -0.2) is 22.3 Å². The Labute approximate surface area is 168 Å². The van der Waals surface area contributed by atoms with Gasteiger partial charge in [0.25, 0.3) is 10.0 Å². The Morgan fingerprint density at radius 3 is 2.72 bits per heavy atom. The van der Waals surface area contributed by atoms with Gasteiger partial charge in [0.2, 0.25) is 0 Å². The molecule has 0 saturated heterocycles. The number of amides is 2. The maximum absolute atomic E-state index is 14.3. The first-order chi connectivity index (χ1) is 13.9. The van der Waals surface area contributed by atoms with Crippen molar-refractivity contribution >= 4 is 21.7 Å². The Balaban J connectivity index is 1.40. The van der Waals surface area contributed by atoms with Gasteiger partial charge in [-0.05, 0) is 79.7 Å². The van der Waals surface area contributed by atoms with Crippen LogP contribution in [-0.2, 0) is 42.3 Å². The lowest BCUT2D eigenvalue weighted by molar-refractivity contribution is 0.253. The van der Waals surface area contributed by atoms with E-state index in [4.69, 9.17) is 0 Å². The van der Waals surface area contributed by atoms with Crippen LogP contribution < -0.4 is 10.0 Å². The molecule has 2 heterocycles. The van der Waals surface area contributed by atoms with Crippen LogP contribution in [0.1, 0.15) is 59.8 Å². The first-order valence-corrected chi connectivity index (χ1v) is 11.6. The Morgan fingerprint density at radius 2 is 1.86 bits per heavy atom. The zero-order valence-electron chi connectivity index (χ0n) is 16.0. The molecule has 9 heteroatoms. The van der Waals surface area contributed by atoms with E-state index in [1.807, 2.05) is 10.8 Å². The number of nitrogens with one attached hydrogen (secondary N) is 2. The SMILES string of the molecule is O=C(Nc1cc2c(c3c1CCC3)CCC2)NS(=O)(=O)c1cnn2c1C(F)CCC2. The molecule has 0 fully saturated rings. The Morgan fingerprint density at radius 1 is 1.10 bits per heavy atom. The third-order valence-corrected chi connectivity index (χ3v) is 7.57. The summed E-state index contributed by atoms with van der Waals surface area (Å²) in [5.74, 6) is 0. The van der Waals surface area contributed by atoms with Gasteiger partial charge in [-0.3, -0.25) is 4.68 Å². The standard InChI is InChI=1S/C20H23FN4O3S/c21-16-8-3-9-25-19(16)18(11-22-25)29(27,28)24-20(26)23-17-10-12-4-1-5-13(12)14-6-2-7-15(14)17/h10-11,16H,1-9H2,(H2,23,24,26). The number of carbonyl (C=O) groups excluding carboxylic acids is 1. The number of rotatable bonds is 3. The summed E-state index contributed by atoms with van der Waals surface area (Å²) in [6.07, 6.45) is 6.68. The number of benzene rings is 1. The van der Waals surface area contributed by atoms with Gasteiger partial charge >= 0.3 is 6.03 Å². The molecule has 0 radical (unpaired) electrons. The molecule has 1 aliphatic heterocycles. The van der Waals surface area contributed by atoms with E-state index in [1.54, 1.807) is 0 Å². The van der Waals surface area contributed by atoms with Crippen molar-refractivity contribution in [2.24, 2.45) is 0 Å². The van der Waals surface area contributed by atoms with Crippen molar-refractivity contribution in [2.45, 2.75) is 69.0 Å². The zero-order valence-corrected chi connectivity index (χ0v) is 16.8. The van der Waals surface area contributed by atoms with E-state index in [2.05, 4.69) is 10.4 Å². The van der Waals surface area contributed by atoms with E-state index in [-0.39, 0.29) is 17.0 Å². The number of carbonyl (C=O) groups is 1. The van der Waals surface area contributed by atoms with Gasteiger partial charge in [0.15, 0.2) is 0 Å². The molecule has 3 aliphatic rings. The Hall–Kier alpha value is -2.42. The van der Waals surface area contributed by atoms with Crippen molar-refractivity contribution in [3.05, 3.63) is 40.2 Å². The first-order valence-electron chi connectivity index (χ1n) is 10.1. The number of anilines is 1. The minimum absolute atomic E-state index is 0.0231. The average molecular weight is 418 g/mol. The Bertz CT molecular complexity index is 1110. The fourth-order valence-electron chi connectivity index (χ4n) is 4.98. The number of alkyl halides is 1. The normalized spacial score (nSPS) is 20.1. The highest BCUT2D eigenvalue weighted by atomic mass is 32.2. The first kappa shape index (κ1) is 18.6. The summed E-state index contributed by atoms with van der Waals surface area (Å²) in [4.78, 5) is 12.3. The van der Waals surface area contributed by atoms with Crippen LogP contribution in [0.4, 0.5) is 14.9 Å². The third-order valence-electron chi connectivity index (χ3n) is 6.22. The molecule has 2 aromatic rings. The smallest absolute Gasteiger partial charge is 0.307 e. The van der Waals surface area contributed by atoms with Crippen LogP contribution in [-0.4, -0.2) is 24.2 Å². The molecule has 1 unspecified atom stereocenters. The lowest BCUT2D eigenvalue weighted by Crippen LogP contribution is -2.35. The second kappa shape index (κ2) is 6.83. The van der Waals surface area contributed by atoms with E-state index >= 15 is 0 Å². The molecule has 1 aromatic heterocycles. The molecule has 1 atom stereocenters. The van der Waals surface area contributed by atoms with Gasteiger partial charge in [0.1, 0.15) is 11.1 Å². The molecule has 0 bridgehead atoms. The maximum atomic E-state index is 14.3. The number of aromatic nitrogens is 2. The van der Waals surface area contributed by atoms with Gasteiger partial charge in [-0.15, -0.1) is 0 Å². The number of hydrogen-bond acceptors (Lipinski definition) is 4. The molecular weight excluding hydrogens is 395 g/mol. The second-order valence-electron chi connectivity index (χ2n) is 8.01. The number of halogens is 1. The summed E-state index contributed by atoms with van der Waals surface area (Å²) in [6, 6.07) is 1.15. The summed E-state index contributed by atoms with van der Waals surface area (Å²) in [7, 11) is -4.22. The van der Waals surface area contributed by atoms with Crippen LogP contribution >= 0.6 is 0 Å². The molecule has 2 aliphatic carbocycles. The van der Waals surface area contributed by atoms with Gasteiger partial charge < -0.3 is 5.32 Å². The highest BCUT2D eigenvalue weighted by Crippen LogP contribution is 2.38. The van der Waals surface area contributed by atoms with Crippen molar-refractivity contribution in [3.63, 3.8) is 0 Å². The van der Waals surface area contributed by atoms with Crippen molar-refractivity contribution in [1.29, 1.82) is 0 Å². The highest BCUT2D eigenvalue weighted by Gasteiger charge is 2.32. The van der Waals surface area contributed by atoms with Gasteiger partial charge in [-0.1, -0.05) is 0 Å². The lowest BCUT2D eigenvalue weighted by atomic mass is 9.98. The molecule has 0 spiro atoms. The summed E-state index contributed by atoms with van der Waals surface area (Å²) < 4.78 is 43.2. The maximum Gasteiger partial charge on any atom is 0.333 e. The molecule has 7 nitrogen and oxygen atoms in total. The molecule has 2 amide bonds. The molecule has 5 rings (SSSR count). The summed E-state index contributed by atoms with van der Waals surface area (Å²) >= 11 is 0. The van der Waals surface area contributed by atoms with Crippen molar-refractivity contribution in [1.82, 2.24) is 14.5 Å². The van der Waals surface area contributed by atoms with E-state index in [0.29, 0.717) is 18.7 Å².